The molecule has 1 amide bonds. The van der Waals surface area contributed by atoms with Crippen molar-refractivity contribution < 1.29 is 23.1 Å². The Bertz CT molecular complexity index is 783. The van der Waals surface area contributed by atoms with Gasteiger partial charge in [0, 0.05) is 17.1 Å². The predicted octanol–water partition coefficient (Wildman–Crippen LogP) is 2.59. The van der Waals surface area contributed by atoms with Crippen molar-refractivity contribution in [3.63, 3.8) is 0 Å². The summed E-state index contributed by atoms with van der Waals surface area (Å²) in [5.74, 6) is -2.02. The summed E-state index contributed by atoms with van der Waals surface area (Å²) >= 11 is 0. The molecule has 0 spiro atoms. The second kappa shape index (κ2) is 7.75. The van der Waals surface area contributed by atoms with Crippen LogP contribution in [0.4, 0.5) is 5.69 Å². The van der Waals surface area contributed by atoms with Gasteiger partial charge in [0.15, 0.2) is 0 Å². The number of carbonyl (C=O) groups is 2. The minimum atomic E-state index is -3.70. The SMILES string of the molecule is CC(C)(C)NS(=O)(=O)c1cccc(NC(=O)C2CCCC(C(=O)O)C2)c1. The highest BCUT2D eigenvalue weighted by atomic mass is 32.2. The minimum Gasteiger partial charge on any atom is -0.481 e. The first-order chi connectivity index (χ1) is 12.0. The van der Waals surface area contributed by atoms with E-state index in [4.69, 9.17) is 5.11 Å². The van der Waals surface area contributed by atoms with E-state index in [0.717, 1.165) is 0 Å². The number of amides is 1. The maximum Gasteiger partial charge on any atom is 0.306 e. The zero-order valence-electron chi connectivity index (χ0n) is 15.3. The molecule has 2 rings (SSSR count). The highest BCUT2D eigenvalue weighted by Crippen LogP contribution is 2.30. The summed E-state index contributed by atoms with van der Waals surface area (Å²) in [6.45, 7) is 5.24. The summed E-state index contributed by atoms with van der Waals surface area (Å²) in [5, 5.41) is 11.9. The zero-order valence-corrected chi connectivity index (χ0v) is 16.1. The number of nitrogens with one attached hydrogen (secondary N) is 2. The van der Waals surface area contributed by atoms with Gasteiger partial charge in [-0.3, -0.25) is 9.59 Å². The molecule has 26 heavy (non-hydrogen) atoms. The molecule has 1 aromatic rings. The number of carbonyl (C=O) groups excluding carboxylic acids is 1. The summed E-state index contributed by atoms with van der Waals surface area (Å²) in [6.07, 6.45) is 2.23. The Morgan fingerprint density at radius 1 is 1.15 bits per heavy atom. The molecule has 2 unspecified atom stereocenters. The largest absolute Gasteiger partial charge is 0.481 e. The summed E-state index contributed by atoms with van der Waals surface area (Å²) in [6, 6.07) is 6.05. The molecule has 1 aliphatic carbocycles. The van der Waals surface area contributed by atoms with Gasteiger partial charge in [-0.15, -0.1) is 0 Å². The van der Waals surface area contributed by atoms with Crippen LogP contribution in [0.1, 0.15) is 46.5 Å². The Hall–Kier alpha value is -1.93. The van der Waals surface area contributed by atoms with Crippen LogP contribution in [0.15, 0.2) is 29.2 Å². The van der Waals surface area contributed by atoms with Crippen LogP contribution in [0.3, 0.4) is 0 Å². The van der Waals surface area contributed by atoms with Crippen molar-refractivity contribution in [3.05, 3.63) is 24.3 Å². The molecule has 0 aliphatic heterocycles. The van der Waals surface area contributed by atoms with Crippen LogP contribution in [-0.2, 0) is 19.6 Å². The smallest absolute Gasteiger partial charge is 0.306 e. The van der Waals surface area contributed by atoms with Crippen molar-refractivity contribution in [2.75, 3.05) is 5.32 Å². The summed E-state index contributed by atoms with van der Waals surface area (Å²) in [4.78, 5) is 23.7. The van der Waals surface area contributed by atoms with Gasteiger partial charge in [-0.1, -0.05) is 12.5 Å². The van der Waals surface area contributed by atoms with Crippen LogP contribution in [-0.4, -0.2) is 30.9 Å². The lowest BCUT2D eigenvalue weighted by Gasteiger charge is -2.25. The quantitative estimate of drug-likeness (QED) is 0.724. The average Bonchev–Trinajstić information content (AvgIpc) is 2.53. The van der Waals surface area contributed by atoms with Crippen LogP contribution in [0, 0.1) is 11.8 Å². The molecule has 2 atom stereocenters. The Balaban J connectivity index is 2.11. The van der Waals surface area contributed by atoms with Gasteiger partial charge in [0.05, 0.1) is 10.8 Å². The van der Waals surface area contributed by atoms with Gasteiger partial charge in [0.1, 0.15) is 0 Å². The molecule has 8 heteroatoms. The third kappa shape index (κ3) is 5.54. The molecule has 1 aliphatic rings. The number of hydrogen-bond donors (Lipinski definition) is 3. The lowest BCUT2D eigenvalue weighted by molar-refractivity contribution is -0.143. The molecule has 1 saturated carbocycles. The number of carboxylic acid groups (broad SMARTS) is 1. The molecule has 1 fully saturated rings. The standard InChI is InChI=1S/C18H26N2O5S/c1-18(2,3)20-26(24,25)15-9-5-8-14(11-15)19-16(21)12-6-4-7-13(10-12)17(22)23/h5,8-9,11-13,20H,4,6-7,10H2,1-3H3,(H,19,21)(H,22,23). The van der Waals surface area contributed by atoms with E-state index in [0.29, 0.717) is 31.4 Å². The molecule has 0 aromatic heterocycles. The molecule has 0 heterocycles. The van der Waals surface area contributed by atoms with Gasteiger partial charge in [0.2, 0.25) is 15.9 Å². The minimum absolute atomic E-state index is 0.0669. The summed E-state index contributed by atoms with van der Waals surface area (Å²) in [7, 11) is -3.70. The Morgan fingerprint density at radius 2 is 1.81 bits per heavy atom. The molecule has 0 radical (unpaired) electrons. The van der Waals surface area contributed by atoms with E-state index in [-0.39, 0.29) is 16.7 Å². The number of rotatable bonds is 5. The number of hydrogen-bond acceptors (Lipinski definition) is 4. The number of aliphatic carboxylic acids is 1. The number of carboxylic acids is 1. The van der Waals surface area contributed by atoms with Crippen LogP contribution in [0.5, 0.6) is 0 Å². The predicted molar refractivity (Wildman–Crippen MR) is 98.2 cm³/mol. The fourth-order valence-corrected chi connectivity index (χ4v) is 4.56. The average molecular weight is 382 g/mol. The molecule has 3 N–H and O–H groups in total. The van der Waals surface area contributed by atoms with Crippen molar-refractivity contribution in [3.8, 4) is 0 Å². The maximum absolute atomic E-state index is 12.5. The van der Waals surface area contributed by atoms with Gasteiger partial charge in [-0.2, -0.15) is 0 Å². The third-order valence-electron chi connectivity index (χ3n) is 4.25. The Labute approximate surface area is 154 Å². The highest BCUT2D eigenvalue weighted by Gasteiger charge is 2.31. The number of sulfonamides is 1. The normalized spacial score (nSPS) is 21.2. The van der Waals surface area contributed by atoms with E-state index in [1.807, 2.05) is 0 Å². The van der Waals surface area contributed by atoms with E-state index < -0.39 is 27.4 Å². The number of benzene rings is 1. The molecule has 0 bridgehead atoms. The van der Waals surface area contributed by atoms with E-state index >= 15 is 0 Å². The highest BCUT2D eigenvalue weighted by molar-refractivity contribution is 7.89. The number of anilines is 1. The van der Waals surface area contributed by atoms with Crippen LogP contribution in [0.2, 0.25) is 0 Å². The van der Waals surface area contributed by atoms with Crippen molar-refractivity contribution >= 4 is 27.6 Å². The monoisotopic (exact) mass is 382 g/mol. The maximum atomic E-state index is 12.5. The van der Waals surface area contributed by atoms with Gasteiger partial charge in [0.25, 0.3) is 0 Å². The molecular formula is C18H26N2O5S. The van der Waals surface area contributed by atoms with E-state index in [1.165, 1.54) is 12.1 Å². The third-order valence-corrected chi connectivity index (χ3v) is 6.00. The van der Waals surface area contributed by atoms with Gasteiger partial charge < -0.3 is 10.4 Å². The topological polar surface area (TPSA) is 113 Å². The van der Waals surface area contributed by atoms with Crippen molar-refractivity contribution in [1.82, 2.24) is 4.72 Å². The fraction of sp³-hybridized carbons (Fsp3) is 0.556. The first kappa shape index (κ1) is 20.4. The summed E-state index contributed by atoms with van der Waals surface area (Å²) < 4.78 is 27.4. The molecule has 144 valence electrons. The van der Waals surface area contributed by atoms with Crippen LogP contribution < -0.4 is 10.0 Å². The summed E-state index contributed by atoms with van der Waals surface area (Å²) in [5.41, 5.74) is -0.240. The van der Waals surface area contributed by atoms with Crippen molar-refractivity contribution in [2.24, 2.45) is 11.8 Å². The molecule has 7 nitrogen and oxygen atoms in total. The van der Waals surface area contributed by atoms with Crippen LogP contribution in [0.25, 0.3) is 0 Å². The van der Waals surface area contributed by atoms with Gasteiger partial charge in [-0.25, -0.2) is 13.1 Å². The van der Waals surface area contributed by atoms with Crippen LogP contribution >= 0.6 is 0 Å². The van der Waals surface area contributed by atoms with Gasteiger partial charge >= 0.3 is 5.97 Å². The Kier molecular flexibility index (Phi) is 6.08. The molecule has 0 saturated heterocycles. The second-order valence-electron chi connectivity index (χ2n) is 7.77. The first-order valence-electron chi connectivity index (χ1n) is 8.66. The zero-order chi connectivity index (χ0) is 19.5. The fourth-order valence-electron chi connectivity index (χ4n) is 3.10. The van der Waals surface area contributed by atoms with Crippen molar-refractivity contribution in [2.45, 2.75) is 56.9 Å². The van der Waals surface area contributed by atoms with E-state index in [1.54, 1.807) is 32.9 Å². The van der Waals surface area contributed by atoms with E-state index in [9.17, 15) is 18.0 Å². The lowest BCUT2D eigenvalue weighted by atomic mass is 9.81. The van der Waals surface area contributed by atoms with Gasteiger partial charge in [-0.05, 0) is 58.2 Å². The molecular weight excluding hydrogens is 356 g/mol. The Morgan fingerprint density at radius 3 is 2.42 bits per heavy atom. The second-order valence-corrected chi connectivity index (χ2v) is 9.45. The first-order valence-corrected chi connectivity index (χ1v) is 10.1. The molecule has 1 aromatic carbocycles. The van der Waals surface area contributed by atoms with E-state index in [2.05, 4.69) is 10.0 Å². The van der Waals surface area contributed by atoms with Crippen molar-refractivity contribution in [1.29, 1.82) is 0 Å². The lowest BCUT2D eigenvalue weighted by Crippen LogP contribution is -2.40.